The molecular weight excluding hydrogens is 318 g/mol. The van der Waals surface area contributed by atoms with E-state index in [0.29, 0.717) is 0 Å². The van der Waals surface area contributed by atoms with Gasteiger partial charge >= 0.3 is 0 Å². The van der Waals surface area contributed by atoms with E-state index in [1.165, 1.54) is 21.9 Å². The average molecular weight is 343 g/mol. The number of nitrogens with one attached hydrogen (secondary N) is 1. The third-order valence-electron chi connectivity index (χ3n) is 5.36. The van der Waals surface area contributed by atoms with Crippen molar-refractivity contribution in [1.82, 2.24) is 4.98 Å². The Hall–Kier alpha value is -2.74. The molecule has 132 valence electrons. The van der Waals surface area contributed by atoms with Gasteiger partial charge in [0.05, 0.1) is 0 Å². The zero-order valence-electron chi connectivity index (χ0n) is 15.7. The summed E-state index contributed by atoms with van der Waals surface area (Å²) in [6.45, 7) is 10.7. The molecule has 0 aliphatic carbocycles. The van der Waals surface area contributed by atoms with Crippen molar-refractivity contribution < 1.29 is 4.74 Å². The summed E-state index contributed by atoms with van der Waals surface area (Å²) >= 11 is 0. The average Bonchev–Trinajstić information content (AvgIpc) is 3.20. The molecule has 1 aliphatic rings. The highest BCUT2D eigenvalue weighted by Crippen LogP contribution is 2.46. The summed E-state index contributed by atoms with van der Waals surface area (Å²) in [4.78, 5) is 3.47. The number of benzene rings is 2. The molecule has 0 atom stereocenters. The number of aromatic amines is 1. The molecule has 4 rings (SSSR count). The molecule has 26 heavy (non-hydrogen) atoms. The van der Waals surface area contributed by atoms with Gasteiger partial charge in [0, 0.05) is 29.3 Å². The van der Waals surface area contributed by atoms with Gasteiger partial charge in [0.2, 0.25) is 0 Å². The number of ether oxygens (including phenoxy) is 1. The molecular formula is C24H25NO. The summed E-state index contributed by atoms with van der Waals surface area (Å²) < 4.78 is 6.20. The predicted octanol–water partition coefficient (Wildman–Crippen LogP) is 6.45. The van der Waals surface area contributed by atoms with Gasteiger partial charge in [-0.25, -0.2) is 0 Å². The highest BCUT2D eigenvalue weighted by molar-refractivity contribution is 5.98. The molecule has 2 heteroatoms. The minimum Gasteiger partial charge on any atom is -0.465 e. The van der Waals surface area contributed by atoms with E-state index in [-0.39, 0.29) is 5.41 Å². The van der Waals surface area contributed by atoms with Crippen molar-refractivity contribution in [3.63, 3.8) is 0 Å². The second-order valence-corrected chi connectivity index (χ2v) is 7.69. The van der Waals surface area contributed by atoms with Crippen molar-refractivity contribution in [2.24, 2.45) is 5.41 Å². The fourth-order valence-electron chi connectivity index (χ4n) is 3.64. The van der Waals surface area contributed by atoms with Crippen LogP contribution in [0.2, 0.25) is 0 Å². The van der Waals surface area contributed by atoms with Crippen molar-refractivity contribution in [1.29, 1.82) is 0 Å². The Bertz CT molecular complexity index is 1010. The Balaban J connectivity index is 1.99. The van der Waals surface area contributed by atoms with Crippen molar-refractivity contribution in [3.05, 3.63) is 89.6 Å². The lowest BCUT2D eigenvalue weighted by atomic mass is 9.86. The molecule has 1 saturated heterocycles. The second kappa shape index (κ2) is 6.21. The molecule has 0 bridgehead atoms. The fraction of sp³-hybridized carbons (Fsp3) is 0.250. The van der Waals surface area contributed by atoms with Gasteiger partial charge < -0.3 is 9.72 Å². The number of aromatic nitrogens is 1. The van der Waals surface area contributed by atoms with Crippen LogP contribution in [0.1, 0.15) is 44.0 Å². The largest absolute Gasteiger partial charge is 0.465 e. The third kappa shape index (κ3) is 2.76. The molecule has 0 unspecified atom stereocenters. The number of rotatable bonds is 3. The molecule has 1 fully saturated rings. The monoisotopic (exact) mass is 343 g/mol. The maximum atomic E-state index is 6.20. The first-order valence-electron chi connectivity index (χ1n) is 9.26. The van der Waals surface area contributed by atoms with E-state index in [1.54, 1.807) is 0 Å². The Kier molecular flexibility index (Phi) is 3.99. The van der Waals surface area contributed by atoms with Crippen molar-refractivity contribution in [2.75, 3.05) is 0 Å². The molecule has 3 aromatic rings. The van der Waals surface area contributed by atoms with Crippen LogP contribution in [0.15, 0.2) is 72.8 Å². The summed E-state index contributed by atoms with van der Waals surface area (Å²) in [6, 6.07) is 17.2. The van der Waals surface area contributed by atoms with E-state index in [0.717, 1.165) is 35.6 Å². The van der Waals surface area contributed by atoms with Crippen LogP contribution >= 0.6 is 0 Å². The number of hydrogen-bond donors (Lipinski definition) is 1. The lowest BCUT2D eigenvalue weighted by molar-refractivity contribution is 0.307. The number of aryl methyl sites for hydroxylation is 1. The van der Waals surface area contributed by atoms with Gasteiger partial charge in [-0.2, -0.15) is 0 Å². The minimum absolute atomic E-state index is 0.0503. The molecule has 1 aromatic heterocycles. The van der Waals surface area contributed by atoms with Gasteiger partial charge in [-0.3, -0.25) is 0 Å². The van der Waals surface area contributed by atoms with Gasteiger partial charge in [0.15, 0.2) is 0 Å². The summed E-state index contributed by atoms with van der Waals surface area (Å²) in [6.07, 6.45) is 3.95. The first-order valence-corrected chi connectivity index (χ1v) is 9.26. The van der Waals surface area contributed by atoms with Crippen molar-refractivity contribution in [2.45, 2.75) is 33.6 Å². The molecule has 0 saturated carbocycles. The standard InChI is InChI=1S/C24H25NO/c1-5-17-13-21(25-15-17)23(22-14-24(3,4)16(2)26-22)20-12-8-10-18-9-6-7-11-19(18)20/h6-13,15,25H,2,5,14H2,1,3-4H3/b23-22+. The van der Waals surface area contributed by atoms with Crippen LogP contribution in [0.4, 0.5) is 0 Å². The maximum Gasteiger partial charge on any atom is 0.114 e. The first kappa shape index (κ1) is 16.7. The van der Waals surface area contributed by atoms with E-state index >= 15 is 0 Å². The Labute approximate surface area is 155 Å². The quantitative estimate of drug-likeness (QED) is 0.581. The zero-order valence-corrected chi connectivity index (χ0v) is 15.7. The number of fused-ring (bicyclic) bond motifs is 1. The van der Waals surface area contributed by atoms with Gasteiger partial charge in [-0.1, -0.05) is 69.8 Å². The second-order valence-electron chi connectivity index (χ2n) is 7.69. The highest BCUT2D eigenvalue weighted by atomic mass is 16.5. The third-order valence-corrected chi connectivity index (χ3v) is 5.36. The number of H-pyrrole nitrogens is 1. The molecule has 2 heterocycles. The summed E-state index contributed by atoms with van der Waals surface area (Å²) in [7, 11) is 0. The zero-order chi connectivity index (χ0) is 18.3. The van der Waals surface area contributed by atoms with Crippen LogP contribution < -0.4 is 0 Å². The molecule has 1 N–H and O–H groups in total. The minimum atomic E-state index is -0.0503. The number of allylic oxidation sites excluding steroid dienone is 2. The van der Waals surface area contributed by atoms with E-state index < -0.39 is 0 Å². The van der Waals surface area contributed by atoms with Gasteiger partial charge in [-0.15, -0.1) is 0 Å². The Morgan fingerprint density at radius 3 is 2.62 bits per heavy atom. The summed E-state index contributed by atoms with van der Waals surface area (Å²) in [5.74, 6) is 1.84. The number of hydrogen-bond acceptors (Lipinski definition) is 1. The Morgan fingerprint density at radius 2 is 1.92 bits per heavy atom. The van der Waals surface area contributed by atoms with Gasteiger partial charge in [0.25, 0.3) is 0 Å². The maximum absolute atomic E-state index is 6.20. The molecule has 0 amide bonds. The van der Waals surface area contributed by atoms with Crippen LogP contribution in [-0.2, 0) is 11.2 Å². The van der Waals surface area contributed by atoms with E-state index in [1.807, 2.05) is 0 Å². The van der Waals surface area contributed by atoms with Crippen LogP contribution in [0.3, 0.4) is 0 Å². The lowest BCUT2D eigenvalue weighted by Gasteiger charge is -2.14. The molecule has 0 spiro atoms. The Morgan fingerprint density at radius 1 is 1.15 bits per heavy atom. The van der Waals surface area contributed by atoms with E-state index in [2.05, 4.69) is 87.1 Å². The van der Waals surface area contributed by atoms with E-state index in [4.69, 9.17) is 4.74 Å². The molecule has 2 aromatic carbocycles. The molecule has 1 aliphatic heterocycles. The summed E-state index contributed by atoms with van der Waals surface area (Å²) in [5.41, 5.74) is 4.71. The van der Waals surface area contributed by atoms with Crippen LogP contribution in [0, 0.1) is 5.41 Å². The van der Waals surface area contributed by atoms with Crippen LogP contribution in [-0.4, -0.2) is 4.98 Å². The smallest absolute Gasteiger partial charge is 0.114 e. The normalized spacial score (nSPS) is 18.2. The van der Waals surface area contributed by atoms with Crippen LogP contribution in [0.5, 0.6) is 0 Å². The summed E-state index contributed by atoms with van der Waals surface area (Å²) in [5, 5.41) is 2.48. The van der Waals surface area contributed by atoms with Gasteiger partial charge in [-0.05, 0) is 34.4 Å². The van der Waals surface area contributed by atoms with Crippen molar-refractivity contribution in [3.8, 4) is 0 Å². The van der Waals surface area contributed by atoms with Crippen molar-refractivity contribution >= 4 is 16.3 Å². The highest BCUT2D eigenvalue weighted by Gasteiger charge is 2.36. The molecule has 2 nitrogen and oxygen atoms in total. The lowest BCUT2D eigenvalue weighted by Crippen LogP contribution is -2.06. The molecule has 0 radical (unpaired) electrons. The van der Waals surface area contributed by atoms with Crippen LogP contribution in [0.25, 0.3) is 16.3 Å². The predicted molar refractivity (Wildman–Crippen MR) is 109 cm³/mol. The van der Waals surface area contributed by atoms with E-state index in [9.17, 15) is 0 Å². The van der Waals surface area contributed by atoms with Gasteiger partial charge in [0.1, 0.15) is 11.5 Å². The fourth-order valence-corrected chi connectivity index (χ4v) is 3.64. The SMILES string of the molecule is C=C1O/C(=C(/c2cc(CC)c[nH]2)c2cccc3ccccc23)CC1(C)C. The topological polar surface area (TPSA) is 25.0 Å². The first-order chi connectivity index (χ1) is 12.5.